The summed E-state index contributed by atoms with van der Waals surface area (Å²) in [6.07, 6.45) is 2.49. The van der Waals surface area contributed by atoms with Crippen molar-refractivity contribution in [3.05, 3.63) is 0 Å². The third kappa shape index (κ3) is 3.43. The lowest BCUT2D eigenvalue weighted by Gasteiger charge is -2.34. The summed E-state index contributed by atoms with van der Waals surface area (Å²) in [7, 11) is 1.67. The topological polar surface area (TPSA) is 50.8 Å². The fourth-order valence-electron chi connectivity index (χ4n) is 2.46. The molecule has 2 fully saturated rings. The molecule has 1 amide bonds. The smallest absolute Gasteiger partial charge is 0.242 e. The van der Waals surface area contributed by atoms with Gasteiger partial charge in [0.2, 0.25) is 5.91 Å². The van der Waals surface area contributed by atoms with Gasteiger partial charge < -0.3 is 19.7 Å². The molecule has 0 bridgehead atoms. The first-order valence-corrected chi connectivity index (χ1v) is 6.84. The van der Waals surface area contributed by atoms with E-state index < -0.39 is 0 Å². The highest BCUT2D eigenvalue weighted by molar-refractivity contribution is 5.82. The Hall–Kier alpha value is -0.650. The Morgan fingerprint density at radius 3 is 2.89 bits per heavy atom. The number of hydrogen-bond donors (Lipinski definition) is 1. The summed E-state index contributed by atoms with van der Waals surface area (Å²) in [4.78, 5) is 14.5. The molecule has 0 aromatic rings. The Kier molecular flexibility index (Phi) is 4.97. The minimum Gasteiger partial charge on any atom is -0.383 e. The Bertz CT molecular complexity index is 275. The highest BCUT2D eigenvalue weighted by atomic mass is 16.5. The van der Waals surface area contributed by atoms with E-state index in [1.807, 2.05) is 4.90 Å². The van der Waals surface area contributed by atoms with Gasteiger partial charge in [-0.05, 0) is 25.7 Å². The van der Waals surface area contributed by atoms with Crippen LogP contribution >= 0.6 is 0 Å². The lowest BCUT2D eigenvalue weighted by Crippen LogP contribution is -2.55. The minimum atomic E-state index is -0.184. The second-order valence-corrected chi connectivity index (χ2v) is 5.18. The number of morpholine rings is 1. The van der Waals surface area contributed by atoms with Crippen molar-refractivity contribution in [3.63, 3.8) is 0 Å². The number of nitrogens with one attached hydrogen (secondary N) is 1. The maximum Gasteiger partial charge on any atom is 0.242 e. The van der Waals surface area contributed by atoms with E-state index in [1.165, 1.54) is 12.8 Å². The summed E-state index contributed by atoms with van der Waals surface area (Å²) in [5, 5.41) is 3.23. The van der Waals surface area contributed by atoms with E-state index in [2.05, 4.69) is 12.2 Å². The van der Waals surface area contributed by atoms with Crippen LogP contribution in [-0.2, 0) is 14.3 Å². The summed E-state index contributed by atoms with van der Waals surface area (Å²) in [5.74, 6) is 0.835. The van der Waals surface area contributed by atoms with Crippen LogP contribution in [0.25, 0.3) is 0 Å². The molecule has 18 heavy (non-hydrogen) atoms. The van der Waals surface area contributed by atoms with Crippen LogP contribution in [-0.4, -0.2) is 62.9 Å². The highest BCUT2D eigenvalue weighted by Gasteiger charge is 2.36. The molecule has 0 aromatic heterocycles. The predicted molar refractivity (Wildman–Crippen MR) is 68.4 cm³/mol. The van der Waals surface area contributed by atoms with Crippen molar-refractivity contribution >= 4 is 5.91 Å². The first-order chi connectivity index (χ1) is 8.74. The molecule has 1 heterocycles. The maximum absolute atomic E-state index is 12.5. The van der Waals surface area contributed by atoms with Crippen molar-refractivity contribution in [1.82, 2.24) is 10.2 Å². The molecule has 2 atom stereocenters. The summed E-state index contributed by atoms with van der Waals surface area (Å²) >= 11 is 0. The van der Waals surface area contributed by atoms with Gasteiger partial charge in [-0.15, -0.1) is 0 Å². The zero-order chi connectivity index (χ0) is 13.0. The number of carbonyl (C=O) groups is 1. The zero-order valence-electron chi connectivity index (χ0n) is 11.4. The summed E-state index contributed by atoms with van der Waals surface area (Å²) in [6.45, 7) is 5.35. The molecule has 1 aliphatic carbocycles. The minimum absolute atomic E-state index is 0.158. The van der Waals surface area contributed by atoms with Gasteiger partial charge in [0.1, 0.15) is 6.04 Å². The third-order valence-electron chi connectivity index (χ3n) is 3.83. The Balaban J connectivity index is 1.94. The quantitative estimate of drug-likeness (QED) is 0.740. The molecule has 1 aliphatic heterocycles. The van der Waals surface area contributed by atoms with Gasteiger partial charge in [0.15, 0.2) is 0 Å². The Morgan fingerprint density at radius 2 is 2.33 bits per heavy atom. The fourth-order valence-corrected chi connectivity index (χ4v) is 2.46. The molecule has 1 N–H and O–H groups in total. The maximum atomic E-state index is 12.5. The lowest BCUT2D eigenvalue weighted by molar-refractivity contribution is -0.139. The zero-order valence-corrected chi connectivity index (χ0v) is 11.4. The molecule has 1 saturated carbocycles. The Morgan fingerprint density at radius 1 is 1.56 bits per heavy atom. The van der Waals surface area contributed by atoms with Gasteiger partial charge in [-0.25, -0.2) is 0 Å². The van der Waals surface area contributed by atoms with E-state index in [0.717, 1.165) is 6.54 Å². The molecule has 0 radical (unpaired) electrons. The third-order valence-corrected chi connectivity index (χ3v) is 3.83. The number of amides is 1. The van der Waals surface area contributed by atoms with Crippen molar-refractivity contribution in [1.29, 1.82) is 0 Å². The van der Waals surface area contributed by atoms with Crippen LogP contribution in [0.3, 0.4) is 0 Å². The van der Waals surface area contributed by atoms with Crippen LogP contribution in [0, 0.1) is 5.92 Å². The van der Waals surface area contributed by atoms with Crippen LogP contribution in [0.5, 0.6) is 0 Å². The van der Waals surface area contributed by atoms with Gasteiger partial charge in [-0.2, -0.15) is 0 Å². The van der Waals surface area contributed by atoms with Crippen molar-refractivity contribution in [2.75, 3.05) is 40.0 Å². The number of rotatable bonds is 6. The highest BCUT2D eigenvalue weighted by Crippen LogP contribution is 2.35. The average molecular weight is 256 g/mol. The largest absolute Gasteiger partial charge is 0.383 e. The van der Waals surface area contributed by atoms with Crippen molar-refractivity contribution < 1.29 is 14.3 Å². The van der Waals surface area contributed by atoms with Gasteiger partial charge in [0.05, 0.1) is 19.8 Å². The Labute approximate surface area is 109 Å². The van der Waals surface area contributed by atoms with E-state index in [0.29, 0.717) is 38.3 Å². The van der Waals surface area contributed by atoms with Crippen molar-refractivity contribution in [3.8, 4) is 0 Å². The van der Waals surface area contributed by atoms with Gasteiger partial charge in [0, 0.05) is 26.2 Å². The van der Waals surface area contributed by atoms with Crippen LogP contribution in [0.15, 0.2) is 0 Å². The van der Waals surface area contributed by atoms with Gasteiger partial charge in [-0.1, -0.05) is 0 Å². The molecule has 5 nitrogen and oxygen atoms in total. The summed E-state index contributed by atoms with van der Waals surface area (Å²) in [6, 6.07) is 0.133. The van der Waals surface area contributed by atoms with Gasteiger partial charge in [0.25, 0.3) is 0 Å². The fraction of sp³-hybridized carbons (Fsp3) is 0.923. The molecular formula is C13H24N2O3. The van der Waals surface area contributed by atoms with E-state index in [-0.39, 0.29) is 11.9 Å². The molecule has 2 aliphatic rings. The van der Waals surface area contributed by atoms with Gasteiger partial charge in [-0.3, -0.25) is 4.79 Å². The lowest BCUT2D eigenvalue weighted by atomic mass is 10.1. The summed E-state index contributed by atoms with van der Waals surface area (Å²) < 4.78 is 10.5. The molecular weight excluding hydrogens is 232 g/mol. The van der Waals surface area contributed by atoms with Crippen LogP contribution in [0.2, 0.25) is 0 Å². The second-order valence-electron chi connectivity index (χ2n) is 5.18. The van der Waals surface area contributed by atoms with Crippen molar-refractivity contribution in [2.24, 2.45) is 5.92 Å². The predicted octanol–water partition coefficient (Wildman–Crippen LogP) is 0.248. The van der Waals surface area contributed by atoms with E-state index in [4.69, 9.17) is 9.47 Å². The number of methoxy groups -OCH3 is 1. The molecule has 5 heteroatoms. The molecule has 1 saturated heterocycles. The average Bonchev–Trinajstić information content (AvgIpc) is 3.24. The van der Waals surface area contributed by atoms with E-state index in [1.54, 1.807) is 7.11 Å². The number of hydrogen-bond acceptors (Lipinski definition) is 4. The van der Waals surface area contributed by atoms with Crippen LogP contribution in [0.1, 0.15) is 19.8 Å². The van der Waals surface area contributed by atoms with Crippen LogP contribution < -0.4 is 5.32 Å². The van der Waals surface area contributed by atoms with Crippen molar-refractivity contribution in [2.45, 2.75) is 31.8 Å². The standard InChI is InChI=1S/C13H24N2O3/c1-10(11-3-4-11)15(6-8-17-2)13(16)12-9-18-7-5-14-12/h10-12,14H,3-9H2,1-2H3. The number of nitrogens with zero attached hydrogens (tertiary/aromatic N) is 1. The molecule has 2 unspecified atom stereocenters. The second kappa shape index (κ2) is 6.50. The summed E-state index contributed by atoms with van der Waals surface area (Å²) in [5.41, 5.74) is 0. The van der Waals surface area contributed by atoms with E-state index >= 15 is 0 Å². The molecule has 2 rings (SSSR count). The van der Waals surface area contributed by atoms with Crippen LogP contribution in [0.4, 0.5) is 0 Å². The molecule has 104 valence electrons. The first-order valence-electron chi connectivity index (χ1n) is 6.84. The van der Waals surface area contributed by atoms with E-state index in [9.17, 15) is 4.79 Å². The molecule has 0 aromatic carbocycles. The van der Waals surface area contributed by atoms with Gasteiger partial charge >= 0.3 is 0 Å². The number of carbonyl (C=O) groups excluding carboxylic acids is 1. The first kappa shape index (κ1) is 13.8. The SMILES string of the molecule is COCCN(C(=O)C1COCCN1)C(C)C1CC1. The monoisotopic (exact) mass is 256 g/mol. The molecule has 0 spiro atoms. The normalized spacial score (nSPS) is 25.8. The number of ether oxygens (including phenoxy) is 2.